The highest BCUT2D eigenvalue weighted by molar-refractivity contribution is 7.92. The Morgan fingerprint density at radius 1 is 1.14 bits per heavy atom. The largest absolute Gasteiger partial charge is 0.360 e. The van der Waals surface area contributed by atoms with Crippen LogP contribution >= 0.6 is 0 Å². The van der Waals surface area contributed by atoms with Crippen molar-refractivity contribution >= 4 is 32.5 Å². The van der Waals surface area contributed by atoms with E-state index in [4.69, 9.17) is 0 Å². The van der Waals surface area contributed by atoms with Crippen molar-refractivity contribution in [3.05, 3.63) is 94.8 Å². The molecule has 35 heavy (non-hydrogen) atoms. The zero-order valence-electron chi connectivity index (χ0n) is 19.5. The van der Waals surface area contributed by atoms with Gasteiger partial charge < -0.3 is 10.3 Å². The van der Waals surface area contributed by atoms with Gasteiger partial charge in [0, 0.05) is 23.6 Å². The second-order valence-electron chi connectivity index (χ2n) is 8.51. The first kappa shape index (κ1) is 24.5. The Hall–Kier alpha value is -3.65. The molecule has 1 aromatic heterocycles. The third-order valence-corrected chi connectivity index (χ3v) is 7.93. The first-order valence-corrected chi connectivity index (χ1v) is 13.2. The number of carbonyl (C=O) groups is 1. The van der Waals surface area contributed by atoms with Gasteiger partial charge in [-0.3, -0.25) is 13.9 Å². The van der Waals surface area contributed by atoms with Crippen molar-refractivity contribution in [2.75, 3.05) is 17.4 Å². The minimum atomic E-state index is -3.98. The summed E-state index contributed by atoms with van der Waals surface area (Å²) in [4.78, 5) is 28.8. The number of nitrogens with zero attached hydrogens (tertiary/aromatic N) is 1. The van der Waals surface area contributed by atoms with Crippen LogP contribution in [0.1, 0.15) is 42.5 Å². The van der Waals surface area contributed by atoms with E-state index in [1.807, 2.05) is 0 Å². The number of benzene rings is 2. The number of hydrogen-bond donors (Lipinski definition) is 2. The minimum absolute atomic E-state index is 0.0389. The number of nitrogens with one attached hydrogen (secondary N) is 2. The van der Waals surface area contributed by atoms with Crippen LogP contribution in [0.25, 0.3) is 10.9 Å². The summed E-state index contributed by atoms with van der Waals surface area (Å²) in [6.45, 7) is 4.19. The Bertz CT molecular complexity index is 1430. The standard InChI is InChI=1S/C27H29N3O4S/c1-2-17-30(21-11-7-4-8-12-21)35(33,34)22-13-14-25-23(18-22)26(31)24(19-29-25)27(32)28-16-15-20-9-5-3-6-10-20/h2,4,7-9,11-14,18-19H,1,3,5-6,10,15-17H2,(H,28,32)(H,29,31). The van der Waals surface area contributed by atoms with Crippen molar-refractivity contribution in [2.45, 2.75) is 37.0 Å². The fraction of sp³-hybridized carbons (Fsp3) is 0.259. The number of para-hydroxylation sites is 1. The number of hydrogen-bond acceptors (Lipinski definition) is 4. The van der Waals surface area contributed by atoms with Crippen LogP contribution in [0.15, 0.2) is 88.7 Å². The molecule has 0 spiro atoms. The van der Waals surface area contributed by atoms with Crippen LogP contribution in [-0.2, 0) is 10.0 Å². The number of rotatable bonds is 9. The average molecular weight is 492 g/mol. The van der Waals surface area contributed by atoms with Crippen LogP contribution in [-0.4, -0.2) is 32.4 Å². The summed E-state index contributed by atoms with van der Waals surface area (Å²) in [6, 6.07) is 13.0. The Kier molecular flexibility index (Phi) is 7.51. The molecule has 0 atom stereocenters. The lowest BCUT2D eigenvalue weighted by Gasteiger charge is -2.23. The minimum Gasteiger partial charge on any atom is -0.360 e. The number of aromatic amines is 1. The summed E-state index contributed by atoms with van der Waals surface area (Å²) >= 11 is 0. The van der Waals surface area contributed by atoms with Crippen LogP contribution in [0.5, 0.6) is 0 Å². The van der Waals surface area contributed by atoms with Gasteiger partial charge in [-0.2, -0.15) is 0 Å². The van der Waals surface area contributed by atoms with Crippen LogP contribution < -0.4 is 15.1 Å². The number of pyridine rings is 1. The number of amides is 1. The predicted molar refractivity (Wildman–Crippen MR) is 139 cm³/mol. The van der Waals surface area contributed by atoms with Crippen molar-refractivity contribution in [3.8, 4) is 0 Å². The van der Waals surface area contributed by atoms with Gasteiger partial charge in [0.2, 0.25) is 5.43 Å². The average Bonchev–Trinajstić information content (AvgIpc) is 2.88. The van der Waals surface area contributed by atoms with Gasteiger partial charge in [-0.25, -0.2) is 8.42 Å². The van der Waals surface area contributed by atoms with E-state index in [1.54, 1.807) is 30.3 Å². The van der Waals surface area contributed by atoms with Crippen molar-refractivity contribution in [2.24, 2.45) is 0 Å². The van der Waals surface area contributed by atoms with Crippen molar-refractivity contribution < 1.29 is 13.2 Å². The summed E-state index contributed by atoms with van der Waals surface area (Å²) in [5.41, 5.74) is 1.72. The maximum Gasteiger partial charge on any atom is 0.264 e. The van der Waals surface area contributed by atoms with E-state index in [0.717, 1.165) is 19.3 Å². The lowest BCUT2D eigenvalue weighted by molar-refractivity contribution is 0.0953. The van der Waals surface area contributed by atoms with Crippen LogP contribution in [0.4, 0.5) is 5.69 Å². The highest BCUT2D eigenvalue weighted by atomic mass is 32.2. The number of fused-ring (bicyclic) bond motifs is 1. The number of aromatic nitrogens is 1. The van der Waals surface area contributed by atoms with E-state index >= 15 is 0 Å². The molecule has 0 bridgehead atoms. The molecule has 7 nitrogen and oxygen atoms in total. The fourth-order valence-corrected chi connectivity index (χ4v) is 5.73. The molecule has 0 aliphatic heterocycles. The SMILES string of the molecule is C=CCN(c1ccccc1)S(=O)(=O)c1ccc2[nH]cc(C(=O)NCCC3=CCCCC3)c(=O)c2c1. The van der Waals surface area contributed by atoms with E-state index in [-0.39, 0.29) is 22.4 Å². The molecule has 1 aliphatic carbocycles. The lowest BCUT2D eigenvalue weighted by atomic mass is 9.97. The molecular formula is C27H29N3O4S. The smallest absolute Gasteiger partial charge is 0.264 e. The summed E-state index contributed by atoms with van der Waals surface area (Å²) in [5, 5.41) is 2.95. The molecule has 0 fully saturated rings. The van der Waals surface area contributed by atoms with Crippen molar-refractivity contribution in [3.63, 3.8) is 0 Å². The Morgan fingerprint density at radius 2 is 1.94 bits per heavy atom. The predicted octanol–water partition coefficient (Wildman–Crippen LogP) is 4.53. The van der Waals surface area contributed by atoms with Gasteiger partial charge >= 0.3 is 0 Å². The Balaban J connectivity index is 1.62. The molecule has 1 aliphatic rings. The third kappa shape index (κ3) is 5.38. The van der Waals surface area contributed by atoms with E-state index < -0.39 is 21.4 Å². The molecule has 1 heterocycles. The molecule has 182 valence electrons. The molecule has 3 aromatic rings. The van der Waals surface area contributed by atoms with E-state index in [1.165, 1.54) is 53.2 Å². The summed E-state index contributed by atoms with van der Waals surface area (Å²) in [5.74, 6) is -0.476. The molecule has 8 heteroatoms. The normalized spacial score (nSPS) is 13.8. The lowest BCUT2D eigenvalue weighted by Crippen LogP contribution is -2.31. The quantitative estimate of drug-likeness (QED) is 0.430. The number of carbonyl (C=O) groups excluding carboxylic acids is 1. The summed E-state index contributed by atoms with van der Waals surface area (Å²) in [7, 11) is -3.98. The Morgan fingerprint density at radius 3 is 2.66 bits per heavy atom. The van der Waals surface area contributed by atoms with Gasteiger partial charge in [0.25, 0.3) is 15.9 Å². The van der Waals surface area contributed by atoms with Crippen LogP contribution in [0.3, 0.4) is 0 Å². The van der Waals surface area contributed by atoms with Crippen molar-refractivity contribution in [1.29, 1.82) is 0 Å². The molecule has 0 saturated carbocycles. The van der Waals surface area contributed by atoms with Crippen LogP contribution in [0, 0.1) is 0 Å². The molecular weight excluding hydrogens is 462 g/mol. The van der Waals surface area contributed by atoms with Crippen LogP contribution in [0.2, 0.25) is 0 Å². The number of sulfonamides is 1. The van der Waals surface area contributed by atoms with Crippen molar-refractivity contribution in [1.82, 2.24) is 10.3 Å². The van der Waals surface area contributed by atoms with Gasteiger partial charge in [0.05, 0.1) is 17.1 Å². The monoisotopic (exact) mass is 491 g/mol. The second-order valence-corrected chi connectivity index (χ2v) is 10.4. The number of H-pyrrole nitrogens is 1. The van der Waals surface area contributed by atoms with E-state index in [9.17, 15) is 18.0 Å². The highest BCUT2D eigenvalue weighted by Crippen LogP contribution is 2.25. The zero-order valence-corrected chi connectivity index (χ0v) is 20.3. The zero-order chi connectivity index (χ0) is 24.8. The molecule has 0 radical (unpaired) electrons. The molecule has 2 N–H and O–H groups in total. The molecule has 0 unspecified atom stereocenters. The van der Waals surface area contributed by atoms with Gasteiger partial charge in [0.1, 0.15) is 5.56 Å². The number of anilines is 1. The second kappa shape index (κ2) is 10.7. The first-order chi connectivity index (χ1) is 16.9. The fourth-order valence-electron chi connectivity index (χ4n) is 4.27. The molecule has 0 saturated heterocycles. The Labute approximate surface area is 205 Å². The van der Waals surface area contributed by atoms with Gasteiger partial charge in [-0.1, -0.05) is 35.9 Å². The first-order valence-electron chi connectivity index (χ1n) is 11.7. The van der Waals surface area contributed by atoms with Gasteiger partial charge in [-0.15, -0.1) is 6.58 Å². The molecule has 4 rings (SSSR count). The number of allylic oxidation sites excluding steroid dienone is 1. The van der Waals surface area contributed by atoms with E-state index in [2.05, 4.69) is 23.0 Å². The molecule has 1 amide bonds. The summed E-state index contributed by atoms with van der Waals surface area (Å²) in [6.07, 6.45) is 10.4. The molecule has 2 aromatic carbocycles. The van der Waals surface area contributed by atoms with Gasteiger partial charge in [-0.05, 0) is 62.4 Å². The third-order valence-electron chi connectivity index (χ3n) is 6.14. The van der Waals surface area contributed by atoms with Gasteiger partial charge in [0.15, 0.2) is 0 Å². The topological polar surface area (TPSA) is 99.3 Å². The summed E-state index contributed by atoms with van der Waals surface area (Å²) < 4.78 is 28.2. The highest BCUT2D eigenvalue weighted by Gasteiger charge is 2.25. The maximum absolute atomic E-state index is 13.5. The van der Waals surface area contributed by atoms with E-state index in [0.29, 0.717) is 17.7 Å². The maximum atomic E-state index is 13.5.